The fraction of sp³-hybridized carbons (Fsp3) is 0. The molecule has 1 heterocycles. The van der Waals surface area contributed by atoms with E-state index in [0.717, 1.165) is 0 Å². The Hall–Kier alpha value is -3.58. The Balaban J connectivity index is 1.86. The third kappa shape index (κ3) is 2.74. The largest absolute Gasteiger partial charge is 0.353 e. The highest BCUT2D eigenvalue weighted by molar-refractivity contribution is 6.08. The van der Waals surface area contributed by atoms with E-state index in [1.807, 2.05) is 0 Å². The van der Waals surface area contributed by atoms with Gasteiger partial charge in [0.05, 0.1) is 11.2 Å². The Labute approximate surface area is 158 Å². The number of benzene rings is 4. The van der Waals surface area contributed by atoms with Gasteiger partial charge in [0, 0.05) is 16.5 Å². The Morgan fingerprint density at radius 3 is 1.63 bits per heavy atom. The Bertz CT molecular complexity index is 1190. The quantitative estimate of drug-likeness (QED) is 0.357. The molecule has 0 spiro atoms. The SMILES string of the molecule is c1ccc(-c2[nH]c3c(-c4ccccc4)cccc3c2-c2ccccc2)cc1. The highest BCUT2D eigenvalue weighted by atomic mass is 14.7. The molecule has 0 bridgehead atoms. The summed E-state index contributed by atoms with van der Waals surface area (Å²) in [5.74, 6) is 0. The van der Waals surface area contributed by atoms with Crippen LogP contribution in [0.2, 0.25) is 0 Å². The second-order valence-electron chi connectivity index (χ2n) is 6.70. The van der Waals surface area contributed by atoms with Gasteiger partial charge in [-0.15, -0.1) is 0 Å². The number of aromatic amines is 1. The van der Waals surface area contributed by atoms with E-state index in [-0.39, 0.29) is 0 Å². The van der Waals surface area contributed by atoms with Crippen molar-refractivity contribution in [3.8, 4) is 33.5 Å². The summed E-state index contributed by atoms with van der Waals surface area (Å²) in [6.45, 7) is 0. The normalized spacial score (nSPS) is 11.0. The van der Waals surface area contributed by atoms with Crippen molar-refractivity contribution in [3.63, 3.8) is 0 Å². The Kier molecular flexibility index (Phi) is 3.84. The topological polar surface area (TPSA) is 15.8 Å². The van der Waals surface area contributed by atoms with E-state index in [9.17, 15) is 0 Å². The zero-order valence-corrected chi connectivity index (χ0v) is 14.9. The summed E-state index contributed by atoms with van der Waals surface area (Å²) >= 11 is 0. The van der Waals surface area contributed by atoms with Gasteiger partial charge >= 0.3 is 0 Å². The van der Waals surface area contributed by atoms with Gasteiger partial charge in [-0.1, -0.05) is 109 Å². The number of H-pyrrole nitrogens is 1. The first-order chi connectivity index (χ1) is 13.4. The van der Waals surface area contributed by atoms with Gasteiger partial charge in [0.15, 0.2) is 0 Å². The molecule has 0 saturated carbocycles. The minimum absolute atomic E-state index is 1.17. The van der Waals surface area contributed by atoms with Crippen LogP contribution in [0.15, 0.2) is 109 Å². The fourth-order valence-electron chi connectivity index (χ4n) is 3.80. The molecule has 1 heteroatoms. The third-order valence-electron chi connectivity index (χ3n) is 5.04. The second kappa shape index (κ2) is 6.62. The van der Waals surface area contributed by atoms with Crippen molar-refractivity contribution in [2.45, 2.75) is 0 Å². The molecule has 4 aromatic carbocycles. The number of aromatic nitrogens is 1. The minimum Gasteiger partial charge on any atom is -0.353 e. The summed E-state index contributed by atoms with van der Waals surface area (Å²) in [6.07, 6.45) is 0. The molecular weight excluding hydrogens is 326 g/mol. The summed E-state index contributed by atoms with van der Waals surface area (Å²) in [7, 11) is 0. The van der Waals surface area contributed by atoms with Crippen molar-refractivity contribution >= 4 is 10.9 Å². The molecule has 0 aliphatic heterocycles. The van der Waals surface area contributed by atoms with E-state index in [1.165, 1.54) is 44.4 Å². The van der Waals surface area contributed by atoms with E-state index in [4.69, 9.17) is 0 Å². The molecule has 0 aliphatic carbocycles. The number of nitrogens with one attached hydrogen (secondary N) is 1. The smallest absolute Gasteiger partial charge is 0.0544 e. The minimum atomic E-state index is 1.17. The van der Waals surface area contributed by atoms with Gasteiger partial charge in [-0.2, -0.15) is 0 Å². The van der Waals surface area contributed by atoms with Crippen molar-refractivity contribution in [1.29, 1.82) is 0 Å². The van der Waals surface area contributed by atoms with Crippen molar-refractivity contribution in [3.05, 3.63) is 109 Å². The molecule has 1 N–H and O–H groups in total. The Morgan fingerprint density at radius 2 is 1.00 bits per heavy atom. The van der Waals surface area contributed by atoms with Crippen LogP contribution in [0, 0.1) is 0 Å². The average Bonchev–Trinajstić information content (AvgIpc) is 3.15. The van der Waals surface area contributed by atoms with Crippen LogP contribution >= 0.6 is 0 Å². The van der Waals surface area contributed by atoms with Gasteiger partial charge < -0.3 is 4.98 Å². The van der Waals surface area contributed by atoms with Crippen LogP contribution < -0.4 is 0 Å². The average molecular weight is 345 g/mol. The first-order valence-corrected chi connectivity index (χ1v) is 9.23. The molecule has 5 rings (SSSR count). The fourth-order valence-corrected chi connectivity index (χ4v) is 3.80. The van der Waals surface area contributed by atoms with Crippen molar-refractivity contribution in [2.75, 3.05) is 0 Å². The molecule has 5 aromatic rings. The van der Waals surface area contributed by atoms with Crippen molar-refractivity contribution < 1.29 is 0 Å². The lowest BCUT2D eigenvalue weighted by molar-refractivity contribution is 1.45. The van der Waals surface area contributed by atoms with Crippen LogP contribution in [0.4, 0.5) is 0 Å². The van der Waals surface area contributed by atoms with E-state index in [0.29, 0.717) is 0 Å². The standard InChI is InChI=1S/C26H19N/c1-4-11-19(12-5-1)22-17-10-18-23-24(20-13-6-2-7-14-20)25(27-26(22)23)21-15-8-3-9-16-21/h1-18,27H. The van der Waals surface area contributed by atoms with Gasteiger partial charge in [-0.25, -0.2) is 0 Å². The predicted octanol–water partition coefficient (Wildman–Crippen LogP) is 7.17. The molecule has 0 saturated heterocycles. The number of para-hydroxylation sites is 1. The molecule has 0 atom stereocenters. The van der Waals surface area contributed by atoms with Crippen molar-refractivity contribution in [1.82, 2.24) is 4.98 Å². The molecule has 1 nitrogen and oxygen atoms in total. The third-order valence-corrected chi connectivity index (χ3v) is 5.04. The number of hydrogen-bond acceptors (Lipinski definition) is 0. The molecule has 128 valence electrons. The zero-order chi connectivity index (χ0) is 18.1. The zero-order valence-electron chi connectivity index (χ0n) is 14.9. The van der Waals surface area contributed by atoms with Crippen molar-refractivity contribution in [2.24, 2.45) is 0 Å². The molecule has 0 radical (unpaired) electrons. The monoisotopic (exact) mass is 345 g/mol. The van der Waals surface area contributed by atoms with Crippen LogP contribution in [0.25, 0.3) is 44.4 Å². The van der Waals surface area contributed by atoms with Gasteiger partial charge in [0.1, 0.15) is 0 Å². The number of hydrogen-bond donors (Lipinski definition) is 1. The lowest BCUT2D eigenvalue weighted by atomic mass is 9.96. The molecular formula is C26H19N. The van der Waals surface area contributed by atoms with Gasteiger partial charge in [0.25, 0.3) is 0 Å². The molecule has 0 fully saturated rings. The lowest BCUT2D eigenvalue weighted by Gasteiger charge is -2.06. The highest BCUT2D eigenvalue weighted by Gasteiger charge is 2.17. The van der Waals surface area contributed by atoms with Gasteiger partial charge in [-0.3, -0.25) is 0 Å². The van der Waals surface area contributed by atoms with Crippen LogP contribution in [0.3, 0.4) is 0 Å². The van der Waals surface area contributed by atoms with Crippen LogP contribution in [-0.2, 0) is 0 Å². The summed E-state index contributed by atoms with van der Waals surface area (Å²) in [4.78, 5) is 3.75. The highest BCUT2D eigenvalue weighted by Crippen LogP contribution is 2.41. The maximum Gasteiger partial charge on any atom is 0.0544 e. The van der Waals surface area contributed by atoms with E-state index >= 15 is 0 Å². The molecule has 0 amide bonds. The number of fused-ring (bicyclic) bond motifs is 1. The predicted molar refractivity (Wildman–Crippen MR) is 115 cm³/mol. The summed E-state index contributed by atoms with van der Waals surface area (Å²) in [5, 5.41) is 1.25. The van der Waals surface area contributed by atoms with Crippen LogP contribution in [-0.4, -0.2) is 4.98 Å². The summed E-state index contributed by atoms with van der Waals surface area (Å²) < 4.78 is 0. The summed E-state index contributed by atoms with van der Waals surface area (Å²) in [5.41, 5.74) is 8.49. The first-order valence-electron chi connectivity index (χ1n) is 9.23. The first kappa shape index (κ1) is 15.7. The van der Waals surface area contributed by atoms with E-state index in [1.54, 1.807) is 0 Å². The molecule has 27 heavy (non-hydrogen) atoms. The number of rotatable bonds is 3. The summed E-state index contributed by atoms with van der Waals surface area (Å²) in [6, 6.07) is 38.3. The maximum atomic E-state index is 3.75. The van der Waals surface area contributed by atoms with E-state index < -0.39 is 0 Å². The Morgan fingerprint density at radius 1 is 0.444 bits per heavy atom. The van der Waals surface area contributed by atoms with Crippen LogP contribution in [0.1, 0.15) is 0 Å². The van der Waals surface area contributed by atoms with E-state index in [2.05, 4.69) is 114 Å². The molecule has 0 aliphatic rings. The van der Waals surface area contributed by atoms with Gasteiger partial charge in [0.2, 0.25) is 0 Å². The molecule has 1 aromatic heterocycles. The van der Waals surface area contributed by atoms with Gasteiger partial charge in [-0.05, 0) is 16.7 Å². The van der Waals surface area contributed by atoms with Crippen LogP contribution in [0.5, 0.6) is 0 Å². The second-order valence-corrected chi connectivity index (χ2v) is 6.70. The maximum absolute atomic E-state index is 3.75. The lowest BCUT2D eigenvalue weighted by Crippen LogP contribution is -1.82. The molecule has 0 unspecified atom stereocenters.